The normalized spacial score (nSPS) is 21.3. The largest absolute Gasteiger partial charge is 0.464 e. The average molecular weight is 492 g/mol. The van der Waals surface area contributed by atoms with E-state index in [0.717, 1.165) is 38.7 Å². The molecule has 0 aliphatic carbocycles. The maximum absolute atomic E-state index is 15.4. The SMILES string of the molecule is CCOc1nc(C)c2nc(-c3cncc(F)c3)n(Cc3cnc(C4CN5CCC4CC5)c(F)c3)c2n1. The van der Waals surface area contributed by atoms with Gasteiger partial charge in [0.25, 0.3) is 0 Å². The van der Waals surface area contributed by atoms with Crippen molar-refractivity contribution >= 4 is 11.2 Å². The molecule has 0 spiro atoms. The molecular formula is C26H27F2N7O. The second-order valence-corrected chi connectivity index (χ2v) is 9.57. The molecule has 0 radical (unpaired) electrons. The number of halogens is 2. The summed E-state index contributed by atoms with van der Waals surface area (Å²) < 4.78 is 36.8. The molecule has 0 saturated carbocycles. The smallest absolute Gasteiger partial charge is 0.318 e. The van der Waals surface area contributed by atoms with E-state index in [4.69, 9.17) is 9.72 Å². The van der Waals surface area contributed by atoms with Gasteiger partial charge in [-0.1, -0.05) is 0 Å². The van der Waals surface area contributed by atoms with E-state index >= 15 is 4.39 Å². The van der Waals surface area contributed by atoms with Crippen LogP contribution in [0, 0.1) is 24.5 Å². The van der Waals surface area contributed by atoms with Crippen LogP contribution in [-0.2, 0) is 6.54 Å². The quantitative estimate of drug-likeness (QED) is 0.401. The lowest BCUT2D eigenvalue weighted by Gasteiger charge is -2.44. The Morgan fingerprint density at radius 3 is 2.58 bits per heavy atom. The Hall–Kier alpha value is -3.53. The first-order valence-corrected chi connectivity index (χ1v) is 12.4. The summed E-state index contributed by atoms with van der Waals surface area (Å²) in [5, 5.41) is 0. The van der Waals surface area contributed by atoms with E-state index in [1.807, 2.05) is 18.4 Å². The average Bonchev–Trinajstić information content (AvgIpc) is 3.24. The van der Waals surface area contributed by atoms with Gasteiger partial charge in [0.15, 0.2) is 5.65 Å². The van der Waals surface area contributed by atoms with Crippen LogP contribution in [0.2, 0.25) is 0 Å². The molecular weight excluding hydrogens is 464 g/mol. The summed E-state index contributed by atoms with van der Waals surface area (Å²) in [5.41, 5.74) is 3.42. The van der Waals surface area contributed by atoms with Crippen LogP contribution in [0.1, 0.15) is 42.6 Å². The second-order valence-electron chi connectivity index (χ2n) is 9.57. The minimum atomic E-state index is -0.474. The molecule has 0 N–H and O–H groups in total. The molecule has 8 nitrogen and oxygen atoms in total. The van der Waals surface area contributed by atoms with E-state index in [-0.39, 0.29) is 24.3 Å². The zero-order valence-corrected chi connectivity index (χ0v) is 20.3. The van der Waals surface area contributed by atoms with Crippen LogP contribution in [0.3, 0.4) is 0 Å². The Balaban J connectivity index is 1.41. The number of pyridine rings is 2. The number of hydrogen-bond acceptors (Lipinski definition) is 7. The molecule has 4 aromatic heterocycles. The summed E-state index contributed by atoms with van der Waals surface area (Å²) in [6.07, 6.45) is 6.61. The van der Waals surface area contributed by atoms with Gasteiger partial charge in [-0.2, -0.15) is 9.97 Å². The van der Waals surface area contributed by atoms with E-state index in [1.54, 1.807) is 18.5 Å². The number of hydrogen-bond donors (Lipinski definition) is 0. The number of imidazole rings is 1. The molecule has 7 heterocycles. The van der Waals surface area contributed by atoms with Crippen LogP contribution in [0.4, 0.5) is 8.78 Å². The van der Waals surface area contributed by atoms with Gasteiger partial charge in [-0.15, -0.1) is 0 Å². The number of fused-ring (bicyclic) bond motifs is 4. The summed E-state index contributed by atoms with van der Waals surface area (Å²) in [7, 11) is 0. The molecule has 10 heteroatoms. The Morgan fingerprint density at radius 2 is 1.89 bits per heavy atom. The van der Waals surface area contributed by atoms with Gasteiger partial charge < -0.3 is 14.2 Å². The lowest BCUT2D eigenvalue weighted by molar-refractivity contribution is 0.0838. The highest BCUT2D eigenvalue weighted by molar-refractivity contribution is 5.79. The third-order valence-electron chi connectivity index (χ3n) is 7.26. The Morgan fingerprint density at radius 1 is 1.06 bits per heavy atom. The van der Waals surface area contributed by atoms with Crippen molar-refractivity contribution in [3.8, 4) is 17.4 Å². The second kappa shape index (κ2) is 9.16. The Labute approximate surface area is 207 Å². The van der Waals surface area contributed by atoms with E-state index < -0.39 is 5.82 Å². The van der Waals surface area contributed by atoms with Crippen LogP contribution >= 0.6 is 0 Å². The zero-order valence-electron chi connectivity index (χ0n) is 20.3. The van der Waals surface area contributed by atoms with Crippen molar-refractivity contribution in [2.45, 2.75) is 39.2 Å². The Bertz CT molecular complexity index is 1430. The fraction of sp³-hybridized carbons (Fsp3) is 0.423. The molecule has 1 atom stereocenters. The van der Waals surface area contributed by atoms with Crippen LogP contribution < -0.4 is 4.74 Å². The van der Waals surface area contributed by atoms with Gasteiger partial charge >= 0.3 is 6.01 Å². The summed E-state index contributed by atoms with van der Waals surface area (Å²) in [6, 6.07) is 3.15. The van der Waals surface area contributed by atoms with Crippen molar-refractivity contribution in [1.29, 1.82) is 0 Å². The van der Waals surface area contributed by atoms with Crippen LogP contribution in [0.25, 0.3) is 22.6 Å². The first kappa shape index (κ1) is 22.9. The standard InChI is InChI=1S/C26H27F2N7O/c1-3-36-26-31-15(2)22-25(33-26)35(24(32-22)18-9-19(27)12-29-11-18)13-16-8-21(28)23(30-10-16)20-14-34-6-4-17(20)5-7-34/h8-12,17,20H,3-7,13-14H2,1-2H3. The maximum Gasteiger partial charge on any atom is 0.318 e. The molecule has 7 rings (SSSR count). The van der Waals surface area contributed by atoms with Gasteiger partial charge in [0.2, 0.25) is 0 Å². The topological polar surface area (TPSA) is 81.8 Å². The minimum Gasteiger partial charge on any atom is -0.464 e. The first-order valence-electron chi connectivity index (χ1n) is 12.4. The van der Waals surface area contributed by atoms with Gasteiger partial charge in [-0.05, 0) is 63.4 Å². The molecule has 1 unspecified atom stereocenters. The molecule has 2 bridgehead atoms. The highest BCUT2D eigenvalue weighted by atomic mass is 19.1. The van der Waals surface area contributed by atoms with E-state index in [0.29, 0.717) is 52.0 Å². The van der Waals surface area contributed by atoms with Crippen molar-refractivity contribution < 1.29 is 13.5 Å². The summed E-state index contributed by atoms with van der Waals surface area (Å²) in [6.45, 7) is 7.39. The van der Waals surface area contributed by atoms with Crippen LogP contribution in [0.15, 0.2) is 30.7 Å². The minimum absolute atomic E-state index is 0.133. The van der Waals surface area contributed by atoms with Crippen molar-refractivity contribution in [3.63, 3.8) is 0 Å². The van der Waals surface area contributed by atoms with Gasteiger partial charge in [0.05, 0.1) is 30.7 Å². The van der Waals surface area contributed by atoms with Gasteiger partial charge in [0, 0.05) is 30.4 Å². The summed E-state index contributed by atoms with van der Waals surface area (Å²) in [5.74, 6) is 0.326. The molecule has 4 aromatic rings. The Kier molecular flexibility index (Phi) is 5.83. The number of ether oxygens (including phenoxy) is 1. The molecule has 0 amide bonds. The number of piperidine rings is 3. The lowest BCUT2D eigenvalue weighted by atomic mass is 9.77. The predicted octanol–water partition coefficient (Wildman–Crippen LogP) is 4.13. The van der Waals surface area contributed by atoms with E-state index in [2.05, 4.69) is 24.8 Å². The molecule has 3 aliphatic heterocycles. The van der Waals surface area contributed by atoms with Crippen molar-refractivity contribution in [2.24, 2.45) is 5.92 Å². The maximum atomic E-state index is 15.4. The first-order chi connectivity index (χ1) is 17.5. The summed E-state index contributed by atoms with van der Waals surface area (Å²) in [4.78, 5) is 24.6. The third-order valence-corrected chi connectivity index (χ3v) is 7.26. The predicted molar refractivity (Wildman–Crippen MR) is 130 cm³/mol. The van der Waals surface area contributed by atoms with Crippen LogP contribution in [0.5, 0.6) is 6.01 Å². The fourth-order valence-electron chi connectivity index (χ4n) is 5.52. The monoisotopic (exact) mass is 491 g/mol. The van der Waals surface area contributed by atoms with E-state index in [9.17, 15) is 4.39 Å². The van der Waals surface area contributed by atoms with Crippen molar-refractivity contribution in [1.82, 2.24) is 34.4 Å². The number of aromatic nitrogens is 6. The third kappa shape index (κ3) is 4.09. The number of rotatable bonds is 6. The van der Waals surface area contributed by atoms with E-state index in [1.165, 1.54) is 6.07 Å². The highest BCUT2D eigenvalue weighted by Crippen LogP contribution is 2.39. The fourth-order valence-corrected chi connectivity index (χ4v) is 5.52. The summed E-state index contributed by atoms with van der Waals surface area (Å²) >= 11 is 0. The molecule has 186 valence electrons. The molecule has 0 aromatic carbocycles. The number of nitrogens with zero attached hydrogens (tertiary/aromatic N) is 7. The van der Waals surface area contributed by atoms with Gasteiger partial charge in [-0.3, -0.25) is 9.97 Å². The molecule has 36 heavy (non-hydrogen) atoms. The zero-order chi connectivity index (χ0) is 24.8. The lowest BCUT2D eigenvalue weighted by Crippen LogP contribution is -2.46. The molecule has 3 saturated heterocycles. The van der Waals surface area contributed by atoms with Gasteiger partial charge in [0.1, 0.15) is 23.0 Å². The molecule has 3 fully saturated rings. The van der Waals surface area contributed by atoms with Crippen LogP contribution in [-0.4, -0.2) is 60.6 Å². The van der Waals surface area contributed by atoms with Crippen molar-refractivity contribution in [2.75, 3.05) is 26.2 Å². The van der Waals surface area contributed by atoms with Gasteiger partial charge in [-0.25, -0.2) is 13.8 Å². The number of aryl methyl sites for hydroxylation is 1. The molecule has 3 aliphatic rings. The van der Waals surface area contributed by atoms with Crippen molar-refractivity contribution in [3.05, 3.63) is 59.3 Å². The highest BCUT2D eigenvalue weighted by Gasteiger charge is 2.37.